The van der Waals surface area contributed by atoms with Crippen molar-refractivity contribution in [2.45, 2.75) is 38.6 Å². The molecule has 1 amide bonds. The highest BCUT2D eigenvalue weighted by Gasteiger charge is 2.21. The van der Waals surface area contributed by atoms with E-state index in [0.717, 1.165) is 42.3 Å². The third-order valence-corrected chi connectivity index (χ3v) is 5.56. The van der Waals surface area contributed by atoms with Crippen LogP contribution in [0.4, 0.5) is 0 Å². The van der Waals surface area contributed by atoms with E-state index in [1.54, 1.807) is 30.3 Å². The van der Waals surface area contributed by atoms with Crippen LogP contribution in [-0.4, -0.2) is 38.8 Å². The zero-order valence-corrected chi connectivity index (χ0v) is 15.9. The summed E-state index contributed by atoms with van der Waals surface area (Å²) in [5.41, 5.74) is 9.34. The number of H-pyrrole nitrogens is 1. The van der Waals surface area contributed by atoms with Crippen LogP contribution in [0.25, 0.3) is 22.3 Å². The fraction of sp³-hybridized carbons (Fsp3) is 0.381. The SMILES string of the molecule is Cc1n[nH]c2nc(-c3ccc(O)cc3)cc(C(=O)NC[C@H]3CC[C@@H](N)CC3)c12. The average molecular weight is 379 g/mol. The summed E-state index contributed by atoms with van der Waals surface area (Å²) >= 11 is 0. The maximum absolute atomic E-state index is 13.0. The number of nitrogens with zero attached hydrogens (tertiary/aromatic N) is 2. The van der Waals surface area contributed by atoms with Crippen LogP contribution < -0.4 is 11.1 Å². The van der Waals surface area contributed by atoms with Gasteiger partial charge in [0.25, 0.3) is 5.91 Å². The van der Waals surface area contributed by atoms with Crippen LogP contribution >= 0.6 is 0 Å². The van der Waals surface area contributed by atoms with Gasteiger partial charge in [0, 0.05) is 18.2 Å². The number of rotatable bonds is 4. The Hall–Kier alpha value is -2.93. The highest BCUT2D eigenvalue weighted by molar-refractivity contribution is 6.07. The summed E-state index contributed by atoms with van der Waals surface area (Å²) in [5, 5.41) is 20.5. The van der Waals surface area contributed by atoms with Crippen molar-refractivity contribution >= 4 is 16.9 Å². The topological polar surface area (TPSA) is 117 Å². The molecule has 1 fully saturated rings. The predicted molar refractivity (Wildman–Crippen MR) is 108 cm³/mol. The van der Waals surface area contributed by atoms with E-state index in [4.69, 9.17) is 5.73 Å². The van der Waals surface area contributed by atoms with Crippen LogP contribution in [0.3, 0.4) is 0 Å². The largest absolute Gasteiger partial charge is 0.508 e. The fourth-order valence-electron chi connectivity index (χ4n) is 3.87. The quantitative estimate of drug-likeness (QED) is 0.556. The highest BCUT2D eigenvalue weighted by atomic mass is 16.3. The molecule has 0 radical (unpaired) electrons. The molecule has 7 heteroatoms. The Balaban J connectivity index is 1.62. The van der Waals surface area contributed by atoms with Crippen molar-refractivity contribution in [1.82, 2.24) is 20.5 Å². The van der Waals surface area contributed by atoms with Crippen LogP contribution in [0.1, 0.15) is 41.7 Å². The van der Waals surface area contributed by atoms with Gasteiger partial charge >= 0.3 is 0 Å². The monoisotopic (exact) mass is 379 g/mol. The summed E-state index contributed by atoms with van der Waals surface area (Å²) in [6.45, 7) is 2.51. The summed E-state index contributed by atoms with van der Waals surface area (Å²) < 4.78 is 0. The number of pyridine rings is 1. The Bertz CT molecular complexity index is 988. The molecule has 1 aromatic carbocycles. The number of phenols is 1. The second kappa shape index (κ2) is 7.59. The molecule has 0 unspecified atom stereocenters. The Morgan fingerprint density at radius 2 is 1.96 bits per heavy atom. The van der Waals surface area contributed by atoms with Crippen molar-refractivity contribution in [1.29, 1.82) is 0 Å². The fourth-order valence-corrected chi connectivity index (χ4v) is 3.87. The van der Waals surface area contributed by atoms with Crippen molar-refractivity contribution < 1.29 is 9.90 Å². The first-order valence-corrected chi connectivity index (χ1v) is 9.70. The van der Waals surface area contributed by atoms with Crippen LogP contribution in [0, 0.1) is 12.8 Å². The Kier molecular flexibility index (Phi) is 5.00. The number of amides is 1. The minimum atomic E-state index is -0.119. The molecule has 1 aliphatic carbocycles. The molecule has 3 aromatic rings. The molecule has 7 nitrogen and oxygen atoms in total. The highest BCUT2D eigenvalue weighted by Crippen LogP contribution is 2.27. The van der Waals surface area contributed by atoms with Crippen molar-refractivity contribution in [2.75, 3.05) is 6.54 Å². The van der Waals surface area contributed by atoms with E-state index >= 15 is 0 Å². The molecular formula is C21H25N5O2. The molecule has 1 saturated carbocycles. The first-order valence-electron chi connectivity index (χ1n) is 9.70. The first kappa shape index (κ1) is 18.4. The van der Waals surface area contributed by atoms with Crippen molar-refractivity contribution in [3.8, 4) is 17.0 Å². The van der Waals surface area contributed by atoms with Crippen LogP contribution in [0.15, 0.2) is 30.3 Å². The summed E-state index contributed by atoms with van der Waals surface area (Å²) in [6.07, 6.45) is 4.14. The van der Waals surface area contributed by atoms with Gasteiger partial charge in [-0.1, -0.05) is 0 Å². The molecule has 4 rings (SSSR count). The standard InChI is InChI=1S/C21H25N5O2/c1-12-19-17(21(28)23-11-13-2-6-15(22)7-3-13)10-18(24-20(19)26-25-12)14-4-8-16(27)9-5-14/h4-5,8-10,13,15,27H,2-3,6-7,11,22H2,1H3,(H,23,28)(H,24,25,26)/t13-,15+. The van der Waals surface area contributed by atoms with Crippen LogP contribution in [0.2, 0.25) is 0 Å². The molecule has 2 heterocycles. The van der Waals surface area contributed by atoms with Gasteiger partial charge in [-0.2, -0.15) is 5.10 Å². The number of hydrogen-bond acceptors (Lipinski definition) is 5. The number of aromatic nitrogens is 3. The first-order chi connectivity index (χ1) is 13.5. The summed E-state index contributed by atoms with van der Waals surface area (Å²) in [7, 11) is 0. The van der Waals surface area contributed by atoms with Crippen LogP contribution in [0.5, 0.6) is 5.75 Å². The van der Waals surface area contributed by atoms with Crippen molar-refractivity contribution in [3.63, 3.8) is 0 Å². The van der Waals surface area contributed by atoms with Crippen LogP contribution in [-0.2, 0) is 0 Å². The number of hydrogen-bond donors (Lipinski definition) is 4. The number of aromatic hydroxyl groups is 1. The molecular weight excluding hydrogens is 354 g/mol. The number of carbonyl (C=O) groups excluding carboxylic acids is 1. The average Bonchev–Trinajstić information content (AvgIpc) is 3.08. The van der Waals surface area contributed by atoms with Gasteiger partial charge in [-0.3, -0.25) is 9.89 Å². The summed E-state index contributed by atoms with van der Waals surface area (Å²) in [5.74, 6) is 0.544. The minimum absolute atomic E-state index is 0.119. The summed E-state index contributed by atoms with van der Waals surface area (Å²) in [6, 6.07) is 8.86. The zero-order valence-electron chi connectivity index (χ0n) is 15.9. The van der Waals surface area contributed by atoms with Gasteiger partial charge in [0.1, 0.15) is 5.75 Å². The molecule has 0 atom stereocenters. The van der Waals surface area contributed by atoms with Gasteiger partial charge in [0.05, 0.1) is 22.3 Å². The Morgan fingerprint density at radius 1 is 1.25 bits per heavy atom. The van der Waals surface area contributed by atoms with E-state index in [-0.39, 0.29) is 11.7 Å². The second-order valence-electron chi connectivity index (χ2n) is 7.63. The third kappa shape index (κ3) is 3.71. The number of phenolic OH excluding ortho intramolecular Hbond substituents is 1. The summed E-state index contributed by atoms with van der Waals surface area (Å²) in [4.78, 5) is 17.6. The molecule has 146 valence electrons. The number of aromatic amines is 1. The molecule has 2 aromatic heterocycles. The van der Waals surface area contributed by atoms with E-state index < -0.39 is 0 Å². The lowest BCUT2D eigenvalue weighted by molar-refractivity contribution is 0.0944. The lowest BCUT2D eigenvalue weighted by Gasteiger charge is -2.26. The Labute approximate surface area is 163 Å². The molecule has 0 spiro atoms. The number of aryl methyl sites for hydroxylation is 1. The maximum atomic E-state index is 13.0. The molecule has 0 bridgehead atoms. The molecule has 1 aliphatic rings. The van der Waals surface area contributed by atoms with Gasteiger partial charge in [-0.05, 0) is 68.9 Å². The van der Waals surface area contributed by atoms with Gasteiger partial charge in [0.2, 0.25) is 0 Å². The Morgan fingerprint density at radius 3 is 2.68 bits per heavy atom. The van der Waals surface area contributed by atoms with Gasteiger partial charge in [-0.15, -0.1) is 0 Å². The van der Waals surface area contributed by atoms with Gasteiger partial charge < -0.3 is 16.2 Å². The van der Waals surface area contributed by atoms with Gasteiger partial charge in [-0.25, -0.2) is 4.98 Å². The number of nitrogens with two attached hydrogens (primary N) is 1. The van der Waals surface area contributed by atoms with E-state index in [1.165, 1.54) is 0 Å². The van der Waals surface area contributed by atoms with E-state index in [1.807, 2.05) is 6.92 Å². The molecule has 0 aliphatic heterocycles. The molecule has 5 N–H and O–H groups in total. The van der Waals surface area contributed by atoms with Crippen molar-refractivity contribution in [2.24, 2.45) is 11.7 Å². The van der Waals surface area contributed by atoms with Crippen molar-refractivity contribution in [3.05, 3.63) is 41.6 Å². The molecule has 28 heavy (non-hydrogen) atoms. The lowest BCUT2D eigenvalue weighted by atomic mass is 9.86. The van der Waals surface area contributed by atoms with E-state index in [0.29, 0.717) is 35.4 Å². The van der Waals surface area contributed by atoms with E-state index in [9.17, 15) is 9.90 Å². The third-order valence-electron chi connectivity index (χ3n) is 5.56. The number of benzene rings is 1. The maximum Gasteiger partial charge on any atom is 0.252 e. The number of nitrogens with one attached hydrogen (secondary N) is 2. The predicted octanol–water partition coefficient (Wildman–Crippen LogP) is 2.89. The number of carbonyl (C=O) groups is 1. The minimum Gasteiger partial charge on any atom is -0.508 e. The van der Waals surface area contributed by atoms with Gasteiger partial charge in [0.15, 0.2) is 5.65 Å². The zero-order chi connectivity index (χ0) is 19.7. The molecule has 0 saturated heterocycles. The lowest BCUT2D eigenvalue weighted by Crippen LogP contribution is -2.34. The van der Waals surface area contributed by atoms with E-state index in [2.05, 4.69) is 20.5 Å². The number of fused-ring (bicyclic) bond motifs is 1. The second-order valence-corrected chi connectivity index (χ2v) is 7.63. The normalized spacial score (nSPS) is 19.6. The smallest absolute Gasteiger partial charge is 0.252 e.